The van der Waals surface area contributed by atoms with Crippen molar-refractivity contribution in [1.82, 2.24) is 4.57 Å². The molecular formula is C58H38N2. The summed E-state index contributed by atoms with van der Waals surface area (Å²) in [6.45, 7) is 0. The lowest BCUT2D eigenvalue weighted by molar-refractivity contribution is 1.20. The van der Waals surface area contributed by atoms with Crippen molar-refractivity contribution in [3.63, 3.8) is 0 Å². The molecule has 0 N–H and O–H groups in total. The van der Waals surface area contributed by atoms with E-state index < -0.39 is 0 Å². The van der Waals surface area contributed by atoms with Crippen molar-refractivity contribution in [2.45, 2.75) is 0 Å². The van der Waals surface area contributed by atoms with Gasteiger partial charge in [-0.1, -0.05) is 188 Å². The van der Waals surface area contributed by atoms with Gasteiger partial charge in [-0.3, -0.25) is 0 Å². The van der Waals surface area contributed by atoms with Crippen LogP contribution in [0.1, 0.15) is 0 Å². The van der Waals surface area contributed by atoms with Gasteiger partial charge in [0.05, 0.1) is 28.1 Å². The molecule has 0 saturated heterocycles. The molecule has 0 radical (unpaired) electrons. The van der Waals surface area contributed by atoms with Gasteiger partial charge in [0, 0.05) is 32.8 Å². The maximum atomic E-state index is 2.48. The average molecular weight is 763 g/mol. The molecule has 11 aromatic carbocycles. The third-order valence-electron chi connectivity index (χ3n) is 12.3. The molecule has 0 aliphatic carbocycles. The smallest absolute Gasteiger partial charge is 0.0541 e. The highest BCUT2D eigenvalue weighted by molar-refractivity contribution is 6.27. The largest absolute Gasteiger partial charge is 0.309 e. The Balaban J connectivity index is 1.10. The predicted molar refractivity (Wildman–Crippen MR) is 255 cm³/mol. The van der Waals surface area contributed by atoms with Crippen molar-refractivity contribution in [2.75, 3.05) is 4.90 Å². The minimum absolute atomic E-state index is 1.10. The van der Waals surface area contributed by atoms with Gasteiger partial charge in [-0.2, -0.15) is 0 Å². The van der Waals surface area contributed by atoms with Crippen LogP contribution in [0.5, 0.6) is 0 Å². The van der Waals surface area contributed by atoms with Gasteiger partial charge < -0.3 is 9.47 Å². The first kappa shape index (κ1) is 34.1. The molecule has 12 rings (SSSR count). The van der Waals surface area contributed by atoms with Gasteiger partial charge in [-0.25, -0.2) is 0 Å². The van der Waals surface area contributed by atoms with E-state index in [9.17, 15) is 0 Å². The van der Waals surface area contributed by atoms with Crippen molar-refractivity contribution in [3.05, 3.63) is 231 Å². The molecule has 2 heteroatoms. The summed E-state index contributed by atoms with van der Waals surface area (Å²) in [7, 11) is 0. The number of para-hydroxylation sites is 3. The summed E-state index contributed by atoms with van der Waals surface area (Å²) in [5, 5.41) is 10.0. The number of rotatable bonds is 7. The second-order valence-electron chi connectivity index (χ2n) is 15.7. The zero-order valence-electron chi connectivity index (χ0n) is 32.8. The van der Waals surface area contributed by atoms with Gasteiger partial charge in [0.2, 0.25) is 0 Å². The van der Waals surface area contributed by atoms with Crippen molar-refractivity contribution in [1.29, 1.82) is 0 Å². The zero-order chi connectivity index (χ0) is 39.6. The maximum Gasteiger partial charge on any atom is 0.0541 e. The molecule has 0 saturated carbocycles. The highest BCUT2D eigenvalue weighted by Crippen LogP contribution is 2.48. The molecular weight excluding hydrogens is 725 g/mol. The Morgan fingerprint density at radius 1 is 0.300 bits per heavy atom. The molecule has 0 spiro atoms. The number of nitrogens with zero attached hydrogens (tertiary/aromatic N) is 2. The molecule has 0 atom stereocenters. The molecule has 1 aromatic heterocycles. The van der Waals surface area contributed by atoms with Crippen molar-refractivity contribution in [2.24, 2.45) is 0 Å². The van der Waals surface area contributed by atoms with Gasteiger partial charge in [-0.15, -0.1) is 0 Å². The molecule has 0 unspecified atom stereocenters. The van der Waals surface area contributed by atoms with Crippen LogP contribution < -0.4 is 4.90 Å². The van der Waals surface area contributed by atoms with Crippen LogP contribution in [0.15, 0.2) is 231 Å². The van der Waals surface area contributed by atoms with E-state index in [0.29, 0.717) is 0 Å². The third-order valence-corrected chi connectivity index (χ3v) is 12.3. The van der Waals surface area contributed by atoms with Crippen LogP contribution >= 0.6 is 0 Å². The number of fused-ring (bicyclic) bond motifs is 3. The van der Waals surface area contributed by atoms with Crippen molar-refractivity contribution >= 4 is 71.2 Å². The fraction of sp³-hybridized carbons (Fsp3) is 0. The normalized spacial score (nSPS) is 11.7. The lowest BCUT2D eigenvalue weighted by Crippen LogP contribution is -2.12. The summed E-state index contributed by atoms with van der Waals surface area (Å²) in [4.78, 5) is 2.48. The summed E-state index contributed by atoms with van der Waals surface area (Å²) in [5.74, 6) is 0. The van der Waals surface area contributed by atoms with Crippen LogP contribution in [0.4, 0.5) is 17.1 Å². The van der Waals surface area contributed by atoms with Crippen LogP contribution in [-0.4, -0.2) is 4.57 Å². The number of aromatic nitrogens is 1. The van der Waals surface area contributed by atoms with Gasteiger partial charge in [0.15, 0.2) is 0 Å². The van der Waals surface area contributed by atoms with Gasteiger partial charge in [0.25, 0.3) is 0 Å². The van der Waals surface area contributed by atoms with Crippen LogP contribution in [0.3, 0.4) is 0 Å². The standard InChI is InChI=1S/C58H38N2/c1-3-14-39(15-4-1)41-26-28-42(29-27-41)47-20-7-10-23-52(47)59(46-19-13-18-45(38-46)40-16-5-2-6-17-40)55-36-32-43-31-35-51-56(37-33-44-30-34-50(55)57(43)58(44)51)60-53-24-11-8-21-48(53)49-22-9-12-25-54(49)60/h1-38H. The van der Waals surface area contributed by atoms with Gasteiger partial charge >= 0.3 is 0 Å². The summed E-state index contributed by atoms with van der Waals surface area (Å²) in [6, 6.07) is 84.3. The van der Waals surface area contributed by atoms with Crippen LogP contribution in [0, 0.1) is 0 Å². The van der Waals surface area contributed by atoms with E-state index >= 15 is 0 Å². The van der Waals surface area contributed by atoms with Crippen molar-refractivity contribution in [3.8, 4) is 39.1 Å². The molecule has 0 amide bonds. The third kappa shape index (κ3) is 5.42. The molecule has 280 valence electrons. The van der Waals surface area contributed by atoms with Crippen LogP contribution in [0.2, 0.25) is 0 Å². The monoisotopic (exact) mass is 762 g/mol. The summed E-state index contributed by atoms with van der Waals surface area (Å²) < 4.78 is 2.46. The van der Waals surface area contributed by atoms with E-state index in [1.807, 2.05) is 0 Å². The first-order chi connectivity index (χ1) is 29.8. The van der Waals surface area contributed by atoms with E-state index in [4.69, 9.17) is 0 Å². The molecule has 0 fully saturated rings. The quantitative estimate of drug-likeness (QED) is 0.147. The van der Waals surface area contributed by atoms with Gasteiger partial charge in [-0.05, 0) is 91.8 Å². The highest BCUT2D eigenvalue weighted by atomic mass is 15.1. The number of hydrogen-bond acceptors (Lipinski definition) is 1. The van der Waals surface area contributed by atoms with E-state index in [1.165, 1.54) is 93.2 Å². The fourth-order valence-corrected chi connectivity index (χ4v) is 9.59. The average Bonchev–Trinajstić information content (AvgIpc) is 3.66. The van der Waals surface area contributed by atoms with E-state index in [1.54, 1.807) is 0 Å². The Kier molecular flexibility index (Phi) is 7.89. The molecule has 0 aliphatic rings. The first-order valence-corrected chi connectivity index (χ1v) is 20.7. The Bertz CT molecular complexity index is 3470. The molecule has 2 nitrogen and oxygen atoms in total. The van der Waals surface area contributed by atoms with Crippen LogP contribution in [-0.2, 0) is 0 Å². The zero-order valence-corrected chi connectivity index (χ0v) is 32.8. The molecule has 1 heterocycles. The maximum absolute atomic E-state index is 2.48. The summed E-state index contributed by atoms with van der Waals surface area (Å²) >= 11 is 0. The lowest BCUT2D eigenvalue weighted by Gasteiger charge is -2.30. The molecule has 60 heavy (non-hydrogen) atoms. The van der Waals surface area contributed by atoms with Gasteiger partial charge in [0.1, 0.15) is 0 Å². The molecule has 0 bridgehead atoms. The Morgan fingerprint density at radius 2 is 0.817 bits per heavy atom. The molecule has 12 aromatic rings. The van der Waals surface area contributed by atoms with E-state index in [0.717, 1.165) is 17.1 Å². The minimum Gasteiger partial charge on any atom is -0.309 e. The Hall–Kier alpha value is -7.94. The molecule has 0 aliphatic heterocycles. The van der Waals surface area contributed by atoms with E-state index in [2.05, 4.69) is 240 Å². The SMILES string of the molecule is c1ccc(-c2ccc(-c3ccccc3N(c3cccc(-c4ccccc4)c3)c3ccc4ccc5c(-n6c7ccccc7c7ccccc76)ccc6ccc3c4c65)cc2)cc1. The Labute approximate surface area is 348 Å². The second-order valence-corrected chi connectivity index (χ2v) is 15.7. The Morgan fingerprint density at radius 3 is 1.53 bits per heavy atom. The first-order valence-electron chi connectivity index (χ1n) is 20.7. The van der Waals surface area contributed by atoms with Crippen molar-refractivity contribution < 1.29 is 0 Å². The topological polar surface area (TPSA) is 8.17 Å². The minimum atomic E-state index is 1.10. The fourth-order valence-electron chi connectivity index (χ4n) is 9.59. The van der Waals surface area contributed by atoms with E-state index in [-0.39, 0.29) is 0 Å². The second kappa shape index (κ2) is 13.9. The highest BCUT2D eigenvalue weighted by Gasteiger charge is 2.23. The predicted octanol–water partition coefficient (Wildman–Crippen LogP) is 16.2. The number of hydrogen-bond donors (Lipinski definition) is 0. The number of anilines is 3. The lowest BCUT2D eigenvalue weighted by atomic mass is 9.91. The van der Waals surface area contributed by atoms with Crippen LogP contribution in [0.25, 0.3) is 93.2 Å². The number of benzene rings is 11. The summed E-state index contributed by atoms with van der Waals surface area (Å²) in [6.07, 6.45) is 0. The summed E-state index contributed by atoms with van der Waals surface area (Å²) in [5.41, 5.74) is 14.1.